The van der Waals surface area contributed by atoms with Crippen LogP contribution in [0.15, 0.2) is 0 Å². The van der Waals surface area contributed by atoms with Gasteiger partial charge in [0.15, 0.2) is 0 Å². The Balaban J connectivity index is 1.91. The van der Waals surface area contributed by atoms with E-state index in [-0.39, 0.29) is 11.4 Å². The molecule has 0 heterocycles. The van der Waals surface area contributed by atoms with Gasteiger partial charge in [-0.1, -0.05) is 19.3 Å². The molecule has 0 spiro atoms. The molecule has 1 rings (SSSR count). The lowest BCUT2D eigenvalue weighted by atomic mass is 9.98. The van der Waals surface area contributed by atoms with Crippen molar-refractivity contribution in [2.24, 2.45) is 0 Å². The average Bonchev–Trinajstić information content (AvgIpc) is 2.38. The van der Waals surface area contributed by atoms with Crippen LogP contribution < -0.4 is 10.6 Å². The predicted octanol–water partition coefficient (Wildman–Crippen LogP) is 2.62. The first-order valence-electron chi connectivity index (χ1n) is 8.11. The Morgan fingerprint density at radius 1 is 1.15 bits per heavy atom. The van der Waals surface area contributed by atoms with E-state index in [4.69, 9.17) is 4.74 Å². The first-order valence-corrected chi connectivity index (χ1v) is 8.11. The maximum absolute atomic E-state index is 11.6. The summed E-state index contributed by atoms with van der Waals surface area (Å²) in [5.41, 5.74) is 0.0775. The maximum Gasteiger partial charge on any atom is 0.221 e. The van der Waals surface area contributed by atoms with Crippen molar-refractivity contribution in [1.29, 1.82) is 0 Å². The van der Waals surface area contributed by atoms with Gasteiger partial charge in [-0.2, -0.15) is 0 Å². The van der Waals surface area contributed by atoms with E-state index in [1.165, 1.54) is 32.1 Å². The molecule has 0 aromatic carbocycles. The smallest absolute Gasteiger partial charge is 0.221 e. The summed E-state index contributed by atoms with van der Waals surface area (Å²) in [4.78, 5) is 11.6. The fourth-order valence-electron chi connectivity index (χ4n) is 2.42. The van der Waals surface area contributed by atoms with E-state index < -0.39 is 0 Å². The van der Waals surface area contributed by atoms with Crippen molar-refractivity contribution in [2.75, 3.05) is 19.7 Å². The molecule has 2 N–H and O–H groups in total. The lowest BCUT2D eigenvalue weighted by Crippen LogP contribution is -2.38. The number of ether oxygens (including phenoxy) is 1. The van der Waals surface area contributed by atoms with Gasteiger partial charge in [-0.15, -0.1) is 0 Å². The highest BCUT2D eigenvalue weighted by Gasteiger charge is 2.13. The standard InChI is InChI=1S/C16H32N2O2/c1-16(2,3)18-12-10-15(19)17-11-7-13-20-14-8-5-4-6-9-14/h14,18H,4-13H2,1-3H3,(H,17,19). The van der Waals surface area contributed by atoms with E-state index in [0.29, 0.717) is 12.5 Å². The van der Waals surface area contributed by atoms with Crippen LogP contribution in [0.1, 0.15) is 65.7 Å². The highest BCUT2D eigenvalue weighted by Crippen LogP contribution is 2.20. The van der Waals surface area contributed by atoms with Crippen LogP contribution in [0.4, 0.5) is 0 Å². The summed E-state index contributed by atoms with van der Waals surface area (Å²) in [5.74, 6) is 0.124. The zero-order chi connectivity index (χ0) is 14.8. The number of hydrogen-bond acceptors (Lipinski definition) is 3. The average molecular weight is 284 g/mol. The predicted molar refractivity (Wildman–Crippen MR) is 82.8 cm³/mol. The SMILES string of the molecule is CC(C)(C)NCCC(=O)NCCCOC1CCCCC1. The van der Waals surface area contributed by atoms with Crippen molar-refractivity contribution in [3.8, 4) is 0 Å². The number of carbonyl (C=O) groups is 1. The minimum absolute atomic E-state index is 0.0775. The maximum atomic E-state index is 11.6. The number of amides is 1. The normalized spacial score (nSPS) is 17.1. The van der Waals surface area contributed by atoms with Gasteiger partial charge in [-0.25, -0.2) is 0 Å². The van der Waals surface area contributed by atoms with Crippen LogP contribution >= 0.6 is 0 Å². The quantitative estimate of drug-likeness (QED) is 0.674. The molecule has 0 aromatic rings. The molecule has 118 valence electrons. The third kappa shape index (κ3) is 9.32. The van der Waals surface area contributed by atoms with Gasteiger partial charge in [0.2, 0.25) is 5.91 Å². The Kier molecular flexibility index (Phi) is 8.15. The summed E-state index contributed by atoms with van der Waals surface area (Å²) in [6.07, 6.45) is 8.32. The van der Waals surface area contributed by atoms with Gasteiger partial charge < -0.3 is 15.4 Å². The minimum atomic E-state index is 0.0775. The van der Waals surface area contributed by atoms with Gasteiger partial charge in [0.25, 0.3) is 0 Å². The van der Waals surface area contributed by atoms with E-state index in [1.54, 1.807) is 0 Å². The summed E-state index contributed by atoms with van der Waals surface area (Å²) in [6, 6.07) is 0. The van der Waals surface area contributed by atoms with Gasteiger partial charge in [-0.3, -0.25) is 4.79 Å². The molecule has 20 heavy (non-hydrogen) atoms. The monoisotopic (exact) mass is 284 g/mol. The summed E-state index contributed by atoms with van der Waals surface area (Å²) in [6.45, 7) is 8.54. The van der Waals surface area contributed by atoms with Crippen LogP contribution in [0.25, 0.3) is 0 Å². The fraction of sp³-hybridized carbons (Fsp3) is 0.938. The molecular formula is C16H32N2O2. The molecule has 0 aliphatic heterocycles. The Hall–Kier alpha value is -0.610. The van der Waals surface area contributed by atoms with Gasteiger partial charge in [0.1, 0.15) is 0 Å². The molecule has 0 saturated heterocycles. The number of rotatable bonds is 8. The summed E-state index contributed by atoms with van der Waals surface area (Å²) >= 11 is 0. The third-order valence-electron chi connectivity index (χ3n) is 3.56. The number of hydrogen-bond donors (Lipinski definition) is 2. The minimum Gasteiger partial charge on any atom is -0.378 e. The van der Waals surface area contributed by atoms with Gasteiger partial charge in [0, 0.05) is 31.7 Å². The van der Waals surface area contributed by atoms with Crippen LogP contribution in [-0.2, 0) is 9.53 Å². The second-order valence-corrected chi connectivity index (χ2v) is 6.76. The van der Waals surface area contributed by atoms with Crippen LogP contribution in [0.2, 0.25) is 0 Å². The van der Waals surface area contributed by atoms with Gasteiger partial charge in [0.05, 0.1) is 6.10 Å². The number of carbonyl (C=O) groups excluding carboxylic acids is 1. The van der Waals surface area contributed by atoms with Crippen molar-refractivity contribution in [2.45, 2.75) is 77.4 Å². The molecule has 1 fully saturated rings. The molecule has 0 unspecified atom stereocenters. The highest BCUT2D eigenvalue weighted by molar-refractivity contribution is 5.75. The molecule has 4 heteroatoms. The van der Waals surface area contributed by atoms with Crippen LogP contribution in [-0.4, -0.2) is 37.2 Å². The third-order valence-corrected chi connectivity index (χ3v) is 3.56. The van der Waals surface area contributed by atoms with Crippen LogP contribution in [0, 0.1) is 0 Å². The Morgan fingerprint density at radius 3 is 2.50 bits per heavy atom. The van der Waals surface area contributed by atoms with Crippen LogP contribution in [0.5, 0.6) is 0 Å². The molecule has 1 aliphatic rings. The molecular weight excluding hydrogens is 252 g/mol. The van der Waals surface area contributed by atoms with Crippen molar-refractivity contribution in [3.63, 3.8) is 0 Å². The lowest BCUT2D eigenvalue weighted by molar-refractivity contribution is -0.121. The Morgan fingerprint density at radius 2 is 1.85 bits per heavy atom. The summed E-state index contributed by atoms with van der Waals surface area (Å²) < 4.78 is 5.83. The molecule has 4 nitrogen and oxygen atoms in total. The zero-order valence-corrected chi connectivity index (χ0v) is 13.5. The second kappa shape index (κ2) is 9.35. The fourth-order valence-corrected chi connectivity index (χ4v) is 2.42. The van der Waals surface area contributed by atoms with E-state index in [2.05, 4.69) is 31.4 Å². The Bertz CT molecular complexity index is 268. The molecule has 0 atom stereocenters. The largest absolute Gasteiger partial charge is 0.378 e. The second-order valence-electron chi connectivity index (χ2n) is 6.76. The molecule has 0 aromatic heterocycles. The zero-order valence-electron chi connectivity index (χ0n) is 13.5. The van der Waals surface area contributed by atoms with E-state index in [9.17, 15) is 4.79 Å². The first-order chi connectivity index (χ1) is 9.47. The van der Waals surface area contributed by atoms with E-state index in [1.807, 2.05) is 0 Å². The summed E-state index contributed by atoms with van der Waals surface area (Å²) in [7, 11) is 0. The van der Waals surface area contributed by atoms with Crippen molar-refractivity contribution < 1.29 is 9.53 Å². The van der Waals surface area contributed by atoms with Crippen LogP contribution in [0.3, 0.4) is 0 Å². The Labute approximate surface area is 124 Å². The van der Waals surface area contributed by atoms with E-state index >= 15 is 0 Å². The topological polar surface area (TPSA) is 50.4 Å². The van der Waals surface area contributed by atoms with E-state index in [0.717, 1.165) is 26.1 Å². The highest BCUT2D eigenvalue weighted by atomic mass is 16.5. The molecule has 1 amide bonds. The lowest BCUT2D eigenvalue weighted by Gasteiger charge is -2.22. The van der Waals surface area contributed by atoms with Gasteiger partial charge in [-0.05, 0) is 40.0 Å². The molecule has 1 aliphatic carbocycles. The molecule has 0 radical (unpaired) electrons. The van der Waals surface area contributed by atoms with Gasteiger partial charge >= 0.3 is 0 Å². The first kappa shape index (κ1) is 17.4. The molecule has 0 bridgehead atoms. The van der Waals surface area contributed by atoms with Crippen molar-refractivity contribution in [1.82, 2.24) is 10.6 Å². The van der Waals surface area contributed by atoms with Crippen molar-refractivity contribution in [3.05, 3.63) is 0 Å². The molecule has 1 saturated carbocycles. The van der Waals surface area contributed by atoms with Crippen molar-refractivity contribution >= 4 is 5.91 Å². The number of nitrogens with one attached hydrogen (secondary N) is 2. The summed E-state index contributed by atoms with van der Waals surface area (Å²) in [5, 5.41) is 6.26.